The van der Waals surface area contributed by atoms with E-state index in [0.29, 0.717) is 75.4 Å². The molecule has 1 saturated heterocycles. The molecule has 322 valence electrons. The Hall–Kier alpha value is -4.48. The zero-order chi connectivity index (χ0) is 42.9. The standard InChI is InChI=1S/C41H51F4N5O8S/c1-6-24-14-15-28-26(18-24)31-27(42)20-39(57-32(31)23(2)46-28)21-30-33(51)48-40(35(53)49-59(55,56)38(5)16-17-38)19-25(40)12-10-8-7-9-11-13-29(34(52)50(30)22-39)47-36(54)58-37(3,4)41(43,44)45/h10,12,14-15,18,25,27,29-30H,6-9,11,13,16-17,19-22H2,1-5H3,(H,47,54)(H,48,51)(H,49,53). The quantitative estimate of drug-likeness (QED) is 0.231. The van der Waals surface area contributed by atoms with Crippen LogP contribution < -0.4 is 20.1 Å². The maximum absolute atomic E-state index is 16.8. The minimum atomic E-state index is -4.93. The number of benzene rings is 1. The van der Waals surface area contributed by atoms with Gasteiger partial charge >= 0.3 is 12.3 Å². The molecule has 0 bridgehead atoms. The Bertz CT molecular complexity index is 2210. The fraction of sp³-hybridized carbons (Fsp3) is 0.634. The summed E-state index contributed by atoms with van der Waals surface area (Å²) in [6.07, 6.45) is -1.57. The zero-order valence-electron chi connectivity index (χ0n) is 33.8. The number of hydrogen-bond acceptors (Lipinski definition) is 9. The summed E-state index contributed by atoms with van der Waals surface area (Å²) in [4.78, 5) is 62.1. The lowest BCUT2D eigenvalue weighted by Gasteiger charge is -2.38. The maximum Gasteiger partial charge on any atom is 0.427 e. The molecule has 59 heavy (non-hydrogen) atoms. The van der Waals surface area contributed by atoms with E-state index in [0.717, 1.165) is 10.5 Å². The highest BCUT2D eigenvalue weighted by atomic mass is 32.2. The Morgan fingerprint density at radius 1 is 1.10 bits per heavy atom. The third kappa shape index (κ3) is 7.97. The van der Waals surface area contributed by atoms with Crippen LogP contribution in [0.2, 0.25) is 0 Å². The molecular formula is C41H51F4N5O8S. The number of amides is 4. The van der Waals surface area contributed by atoms with Crippen LogP contribution in [-0.4, -0.2) is 88.4 Å². The van der Waals surface area contributed by atoms with Crippen molar-refractivity contribution in [1.29, 1.82) is 0 Å². The average Bonchev–Trinajstić information content (AvgIpc) is 4.04. The second-order valence-corrected chi connectivity index (χ2v) is 19.8. The Morgan fingerprint density at radius 2 is 1.83 bits per heavy atom. The first-order valence-electron chi connectivity index (χ1n) is 20.2. The Morgan fingerprint density at radius 3 is 2.51 bits per heavy atom. The summed E-state index contributed by atoms with van der Waals surface area (Å²) in [7, 11) is -4.11. The van der Waals surface area contributed by atoms with E-state index in [4.69, 9.17) is 9.47 Å². The molecule has 5 aliphatic rings. The average molecular weight is 850 g/mol. The molecule has 1 spiro atoms. The number of sulfonamides is 1. The lowest BCUT2D eigenvalue weighted by molar-refractivity contribution is -0.244. The Kier molecular flexibility index (Phi) is 10.8. The molecule has 7 rings (SSSR count). The van der Waals surface area contributed by atoms with Crippen molar-refractivity contribution in [2.45, 2.75) is 151 Å². The minimum Gasteiger partial charge on any atom is -0.483 e. The molecule has 4 heterocycles. The molecule has 13 nitrogen and oxygen atoms in total. The fourth-order valence-corrected chi connectivity index (χ4v) is 9.77. The summed E-state index contributed by atoms with van der Waals surface area (Å²) >= 11 is 0. The molecule has 2 aliphatic carbocycles. The highest BCUT2D eigenvalue weighted by Crippen LogP contribution is 2.52. The number of alkyl halides is 4. The van der Waals surface area contributed by atoms with E-state index >= 15 is 4.39 Å². The smallest absolute Gasteiger partial charge is 0.427 e. The molecule has 3 aliphatic heterocycles. The van der Waals surface area contributed by atoms with Crippen molar-refractivity contribution < 1.29 is 54.6 Å². The first-order chi connectivity index (χ1) is 27.5. The van der Waals surface area contributed by atoms with Crippen molar-refractivity contribution in [3.8, 4) is 5.75 Å². The number of allylic oxidation sites excluding steroid dienone is 1. The number of alkyl carbamates (subject to hydrolysis) is 1. The van der Waals surface area contributed by atoms with Crippen molar-refractivity contribution in [2.75, 3.05) is 6.54 Å². The van der Waals surface area contributed by atoms with Gasteiger partial charge in [-0.3, -0.25) is 19.1 Å². The molecule has 3 fully saturated rings. The molecular weight excluding hydrogens is 799 g/mol. The number of ether oxygens (including phenoxy) is 2. The molecule has 2 aromatic rings. The van der Waals surface area contributed by atoms with Crippen LogP contribution in [0.3, 0.4) is 0 Å². The van der Waals surface area contributed by atoms with Gasteiger partial charge in [-0.15, -0.1) is 0 Å². The molecule has 1 aromatic carbocycles. The van der Waals surface area contributed by atoms with Crippen LogP contribution >= 0.6 is 0 Å². The van der Waals surface area contributed by atoms with Gasteiger partial charge in [0, 0.05) is 29.7 Å². The van der Waals surface area contributed by atoms with Crippen molar-refractivity contribution in [3.05, 3.63) is 47.2 Å². The third-order valence-electron chi connectivity index (χ3n) is 12.7. The van der Waals surface area contributed by atoms with E-state index in [1.165, 1.54) is 6.92 Å². The van der Waals surface area contributed by atoms with Gasteiger partial charge in [-0.2, -0.15) is 13.2 Å². The molecule has 3 N–H and O–H groups in total. The largest absolute Gasteiger partial charge is 0.483 e. The summed E-state index contributed by atoms with van der Waals surface area (Å²) in [5.41, 5.74) is -3.94. The zero-order valence-corrected chi connectivity index (χ0v) is 34.6. The number of nitrogens with zero attached hydrogens (tertiary/aromatic N) is 2. The predicted octanol–water partition coefficient (Wildman–Crippen LogP) is 6.07. The van der Waals surface area contributed by atoms with E-state index < -0.39 is 85.7 Å². The van der Waals surface area contributed by atoms with E-state index in [2.05, 4.69) is 20.3 Å². The molecule has 6 unspecified atom stereocenters. The van der Waals surface area contributed by atoms with Gasteiger partial charge in [0.2, 0.25) is 27.4 Å². The number of fused-ring (bicyclic) bond motifs is 5. The van der Waals surface area contributed by atoms with Gasteiger partial charge < -0.3 is 25.0 Å². The van der Waals surface area contributed by atoms with Crippen LogP contribution in [0.4, 0.5) is 22.4 Å². The molecule has 18 heteroatoms. The number of rotatable bonds is 6. The van der Waals surface area contributed by atoms with Gasteiger partial charge in [-0.05, 0) is 90.3 Å². The molecule has 2 saturated carbocycles. The summed E-state index contributed by atoms with van der Waals surface area (Å²) in [6, 6.07) is 2.66. The van der Waals surface area contributed by atoms with Crippen LogP contribution in [0.25, 0.3) is 10.9 Å². The maximum atomic E-state index is 16.8. The first-order valence-corrected chi connectivity index (χ1v) is 21.7. The van der Waals surface area contributed by atoms with Crippen LogP contribution in [-0.2, 0) is 35.6 Å². The van der Waals surface area contributed by atoms with Gasteiger partial charge in [0.15, 0.2) is 0 Å². The second kappa shape index (κ2) is 14.9. The van der Waals surface area contributed by atoms with Crippen molar-refractivity contribution in [1.82, 2.24) is 25.2 Å². The number of aryl methyl sites for hydroxylation is 2. The third-order valence-corrected chi connectivity index (χ3v) is 14.9. The van der Waals surface area contributed by atoms with Crippen molar-refractivity contribution in [2.24, 2.45) is 5.92 Å². The van der Waals surface area contributed by atoms with Gasteiger partial charge in [0.05, 0.1) is 22.5 Å². The van der Waals surface area contributed by atoms with Crippen LogP contribution in [0.15, 0.2) is 30.4 Å². The van der Waals surface area contributed by atoms with Gasteiger partial charge in [0.1, 0.15) is 35.1 Å². The summed E-state index contributed by atoms with van der Waals surface area (Å²) in [5, 5.41) is 5.64. The number of carbonyl (C=O) groups is 4. The number of nitrogens with one attached hydrogen (secondary N) is 3. The van der Waals surface area contributed by atoms with Crippen LogP contribution in [0.5, 0.6) is 5.75 Å². The number of pyridine rings is 1. The topological polar surface area (TPSA) is 173 Å². The molecule has 1 aromatic heterocycles. The van der Waals surface area contributed by atoms with Crippen LogP contribution in [0, 0.1) is 12.8 Å². The predicted molar refractivity (Wildman–Crippen MR) is 207 cm³/mol. The second-order valence-electron chi connectivity index (χ2n) is 17.6. The van der Waals surface area contributed by atoms with Gasteiger partial charge in [-0.25, -0.2) is 22.6 Å². The van der Waals surface area contributed by atoms with Crippen molar-refractivity contribution >= 4 is 44.7 Å². The van der Waals surface area contributed by atoms with E-state index in [1.54, 1.807) is 13.0 Å². The SMILES string of the molecule is CCc1ccc2nc(C)c3c(c2c1)C(F)CC1(CC2C(=O)NC4(C(=O)NS(=O)(=O)C5(C)CC5)CC4C=CCCCCCC(NC(=O)OC(C)(C)C(F)(F)F)C(=O)N2C1)O3. The molecule has 0 radical (unpaired) electrons. The fourth-order valence-electron chi connectivity index (χ4n) is 8.46. The number of hydrogen-bond donors (Lipinski definition) is 3. The van der Waals surface area contributed by atoms with Gasteiger partial charge in [-0.1, -0.05) is 38.0 Å². The van der Waals surface area contributed by atoms with E-state index in [-0.39, 0.29) is 43.5 Å². The van der Waals surface area contributed by atoms with Gasteiger partial charge in [0.25, 0.3) is 5.91 Å². The summed E-state index contributed by atoms with van der Waals surface area (Å²) in [6.45, 7) is 6.13. The number of halogens is 4. The first kappa shape index (κ1) is 42.6. The normalized spacial score (nSPS) is 29.5. The number of carbonyl (C=O) groups excluding carboxylic acids is 4. The Labute approximate surface area is 340 Å². The van der Waals surface area contributed by atoms with E-state index in [1.807, 2.05) is 31.2 Å². The lowest BCUT2D eigenvalue weighted by Crippen LogP contribution is -2.59. The Balaban J connectivity index is 1.25. The highest BCUT2D eigenvalue weighted by molar-refractivity contribution is 7.91. The van der Waals surface area contributed by atoms with Crippen molar-refractivity contribution in [3.63, 3.8) is 0 Å². The lowest BCUT2D eigenvalue weighted by atomic mass is 9.85. The highest BCUT2D eigenvalue weighted by Gasteiger charge is 2.64. The molecule has 4 amide bonds. The summed E-state index contributed by atoms with van der Waals surface area (Å²) in [5.74, 6) is -3.05. The number of aromatic nitrogens is 1. The van der Waals surface area contributed by atoms with Crippen LogP contribution in [0.1, 0.15) is 115 Å². The minimum absolute atomic E-state index is 0.0300. The summed E-state index contributed by atoms with van der Waals surface area (Å²) < 4.78 is 96.8. The molecule has 6 atom stereocenters. The monoisotopic (exact) mass is 849 g/mol. The van der Waals surface area contributed by atoms with E-state index in [9.17, 15) is 40.8 Å².